The van der Waals surface area contributed by atoms with E-state index in [0.717, 1.165) is 33.4 Å². The maximum absolute atomic E-state index is 9.22. The second-order valence-electron chi connectivity index (χ2n) is 10.7. The Labute approximate surface area is 253 Å². The molecule has 1 aliphatic rings. The summed E-state index contributed by atoms with van der Waals surface area (Å²) in [6, 6.07) is 44.9. The van der Waals surface area contributed by atoms with Crippen molar-refractivity contribution < 1.29 is 0 Å². The molecule has 0 bridgehead atoms. The fourth-order valence-electron chi connectivity index (χ4n) is 5.80. The number of nitriles is 4. The monoisotopic (exact) mass is 566 g/mol. The normalized spacial score (nSPS) is 13.3. The SMILES string of the molecule is C[Si]1(C)C(c2ccc(C=C(C#N)C#N)cc2)=C(c2ccccc2)C(c2ccccc2)=C1c1ccc(C=C(C#N)C#N)cc1. The van der Waals surface area contributed by atoms with Crippen molar-refractivity contribution in [2.45, 2.75) is 13.1 Å². The summed E-state index contributed by atoms with van der Waals surface area (Å²) in [6.45, 7) is 4.76. The fraction of sp³-hybridized carbons (Fsp3) is 0.0526. The summed E-state index contributed by atoms with van der Waals surface area (Å²) in [5.74, 6) is 0. The van der Waals surface area contributed by atoms with E-state index in [9.17, 15) is 21.0 Å². The maximum atomic E-state index is 9.22. The zero-order chi connectivity index (χ0) is 30.4. The van der Waals surface area contributed by atoms with E-state index in [1.807, 2.05) is 60.7 Å². The van der Waals surface area contributed by atoms with Crippen molar-refractivity contribution in [2.24, 2.45) is 0 Å². The van der Waals surface area contributed by atoms with Crippen molar-refractivity contribution in [3.05, 3.63) is 154 Å². The van der Waals surface area contributed by atoms with Crippen LogP contribution < -0.4 is 0 Å². The Balaban J connectivity index is 1.77. The summed E-state index contributed by atoms with van der Waals surface area (Å²) < 4.78 is 0. The van der Waals surface area contributed by atoms with Gasteiger partial charge >= 0.3 is 0 Å². The molecule has 0 saturated carbocycles. The van der Waals surface area contributed by atoms with Crippen LogP contribution in [0.2, 0.25) is 13.1 Å². The fourth-order valence-corrected chi connectivity index (χ4v) is 9.62. The number of hydrogen-bond acceptors (Lipinski definition) is 4. The van der Waals surface area contributed by atoms with Gasteiger partial charge in [0.15, 0.2) is 0 Å². The van der Waals surface area contributed by atoms with E-state index in [1.165, 1.54) is 21.5 Å². The third-order valence-electron chi connectivity index (χ3n) is 7.63. The molecular weight excluding hydrogens is 541 g/mol. The van der Waals surface area contributed by atoms with Crippen molar-refractivity contribution in [2.75, 3.05) is 0 Å². The molecule has 0 saturated heterocycles. The minimum Gasteiger partial charge on any atom is -0.192 e. The van der Waals surface area contributed by atoms with Gasteiger partial charge in [-0.2, -0.15) is 21.0 Å². The third kappa shape index (κ3) is 5.63. The molecule has 5 rings (SSSR count). The van der Waals surface area contributed by atoms with Crippen molar-refractivity contribution in [3.63, 3.8) is 0 Å². The summed E-state index contributed by atoms with van der Waals surface area (Å²) in [6.07, 6.45) is 3.21. The Bertz CT molecular complexity index is 1800. The Morgan fingerprint density at radius 2 is 0.791 bits per heavy atom. The molecule has 0 radical (unpaired) electrons. The Morgan fingerprint density at radius 3 is 1.09 bits per heavy atom. The van der Waals surface area contributed by atoms with Gasteiger partial charge in [-0.15, -0.1) is 0 Å². The number of hydrogen-bond donors (Lipinski definition) is 0. The van der Waals surface area contributed by atoms with Crippen LogP contribution >= 0.6 is 0 Å². The molecule has 43 heavy (non-hydrogen) atoms. The molecule has 5 heteroatoms. The second kappa shape index (κ2) is 12.3. The van der Waals surface area contributed by atoms with E-state index in [0.29, 0.717) is 0 Å². The predicted octanol–water partition coefficient (Wildman–Crippen LogP) is 8.87. The molecule has 4 nitrogen and oxygen atoms in total. The van der Waals surface area contributed by atoms with E-state index in [2.05, 4.69) is 85.9 Å². The third-order valence-corrected chi connectivity index (χ3v) is 11.2. The molecule has 4 aromatic carbocycles. The predicted molar refractivity (Wildman–Crippen MR) is 175 cm³/mol. The lowest BCUT2D eigenvalue weighted by Crippen LogP contribution is -2.28. The average molecular weight is 567 g/mol. The van der Waals surface area contributed by atoms with Crippen LogP contribution in [-0.2, 0) is 0 Å². The van der Waals surface area contributed by atoms with Gasteiger partial charge in [-0.05, 0) is 67.1 Å². The Kier molecular flexibility index (Phi) is 8.14. The zero-order valence-corrected chi connectivity index (χ0v) is 24.8. The molecule has 1 heterocycles. The van der Waals surface area contributed by atoms with E-state index < -0.39 is 8.07 Å². The smallest absolute Gasteiger partial charge is 0.130 e. The molecule has 0 aliphatic carbocycles. The molecule has 0 unspecified atom stereocenters. The number of benzene rings is 4. The second-order valence-corrected chi connectivity index (χ2v) is 14.9. The van der Waals surface area contributed by atoms with Crippen LogP contribution in [0, 0.1) is 45.3 Å². The van der Waals surface area contributed by atoms with Gasteiger partial charge in [0.1, 0.15) is 43.5 Å². The highest BCUT2D eigenvalue weighted by molar-refractivity contribution is 7.13. The number of allylic oxidation sites excluding steroid dienone is 4. The van der Waals surface area contributed by atoms with E-state index >= 15 is 0 Å². The summed E-state index contributed by atoms with van der Waals surface area (Å²) in [7, 11) is -2.38. The molecule has 0 aromatic heterocycles. The Morgan fingerprint density at radius 1 is 0.465 bits per heavy atom. The van der Waals surface area contributed by atoms with Gasteiger partial charge in [0.25, 0.3) is 0 Å². The molecule has 202 valence electrons. The topological polar surface area (TPSA) is 95.2 Å². The quantitative estimate of drug-likeness (QED) is 0.172. The first-order chi connectivity index (χ1) is 20.9. The summed E-state index contributed by atoms with van der Waals surface area (Å²) in [4.78, 5) is 0. The van der Waals surface area contributed by atoms with Crippen LogP contribution in [0.3, 0.4) is 0 Å². The molecule has 0 N–H and O–H groups in total. The minimum atomic E-state index is -2.38. The van der Waals surface area contributed by atoms with Gasteiger partial charge in [0.05, 0.1) is 0 Å². The highest BCUT2D eigenvalue weighted by Crippen LogP contribution is 2.55. The van der Waals surface area contributed by atoms with E-state index in [-0.39, 0.29) is 11.1 Å². The van der Waals surface area contributed by atoms with Crippen molar-refractivity contribution >= 4 is 41.8 Å². The summed E-state index contributed by atoms with van der Waals surface area (Å²) in [5.41, 5.74) is 8.64. The molecule has 0 spiro atoms. The molecule has 0 fully saturated rings. The van der Waals surface area contributed by atoms with Crippen LogP contribution in [0.4, 0.5) is 0 Å². The van der Waals surface area contributed by atoms with Gasteiger partial charge in [-0.25, -0.2) is 0 Å². The largest absolute Gasteiger partial charge is 0.192 e. The van der Waals surface area contributed by atoms with Gasteiger partial charge in [0.2, 0.25) is 0 Å². The first-order valence-corrected chi connectivity index (χ1v) is 16.8. The first-order valence-electron chi connectivity index (χ1n) is 13.8. The van der Waals surface area contributed by atoms with Gasteiger partial charge in [-0.1, -0.05) is 122 Å². The standard InChI is InChI=1S/C38H26N4Si/c1-43(2)37(33-17-13-27(14-18-33)21-29(23-39)24-40)35(31-9-5-3-6-10-31)36(32-11-7-4-8-12-32)38(43)34-19-15-28(16-20-34)22-30(25-41)26-42/h3-22H,1-2H3. The highest BCUT2D eigenvalue weighted by atomic mass is 28.3. The maximum Gasteiger partial charge on any atom is 0.130 e. The minimum absolute atomic E-state index is 0.0674. The summed E-state index contributed by atoms with van der Waals surface area (Å²) in [5, 5.41) is 39.5. The molecule has 4 aromatic rings. The lowest BCUT2D eigenvalue weighted by Gasteiger charge is -2.26. The molecule has 1 aliphatic heterocycles. The molecular formula is C38H26N4Si. The first kappa shape index (κ1) is 28.5. The van der Waals surface area contributed by atoms with Crippen molar-refractivity contribution in [3.8, 4) is 24.3 Å². The number of nitrogens with zero attached hydrogens (tertiary/aromatic N) is 4. The molecule has 0 amide bonds. The van der Waals surface area contributed by atoms with E-state index in [4.69, 9.17) is 0 Å². The van der Waals surface area contributed by atoms with Crippen molar-refractivity contribution in [1.29, 1.82) is 21.0 Å². The van der Waals surface area contributed by atoms with Crippen LogP contribution in [0.1, 0.15) is 33.4 Å². The lowest BCUT2D eigenvalue weighted by molar-refractivity contribution is 1.47. The van der Waals surface area contributed by atoms with Crippen LogP contribution in [0.5, 0.6) is 0 Å². The van der Waals surface area contributed by atoms with E-state index in [1.54, 1.807) is 12.2 Å². The van der Waals surface area contributed by atoms with Gasteiger partial charge < -0.3 is 0 Å². The Hall–Kier alpha value is -5.98. The van der Waals surface area contributed by atoms with Crippen molar-refractivity contribution in [1.82, 2.24) is 0 Å². The zero-order valence-electron chi connectivity index (χ0n) is 23.8. The van der Waals surface area contributed by atoms with Gasteiger partial charge in [-0.3, -0.25) is 0 Å². The molecule has 0 atom stereocenters. The highest BCUT2D eigenvalue weighted by Gasteiger charge is 2.43. The summed E-state index contributed by atoms with van der Waals surface area (Å²) >= 11 is 0. The van der Waals surface area contributed by atoms with Crippen LogP contribution in [0.25, 0.3) is 33.7 Å². The number of rotatable bonds is 6. The average Bonchev–Trinajstić information content (AvgIpc) is 3.30. The lowest BCUT2D eigenvalue weighted by atomic mass is 9.89. The van der Waals surface area contributed by atoms with Crippen LogP contribution in [0.15, 0.2) is 120 Å². The van der Waals surface area contributed by atoms with Gasteiger partial charge in [0, 0.05) is 0 Å². The van der Waals surface area contributed by atoms with Crippen LogP contribution in [-0.4, -0.2) is 8.07 Å².